The molecule has 2 aromatic heterocycles. The van der Waals surface area contributed by atoms with Gasteiger partial charge < -0.3 is 4.57 Å². The molecule has 2 heterocycles. The van der Waals surface area contributed by atoms with E-state index < -0.39 is 0 Å². The molecule has 4 nitrogen and oxygen atoms in total. The van der Waals surface area contributed by atoms with Crippen molar-refractivity contribution < 1.29 is 4.79 Å². The Balaban J connectivity index is 2.09. The van der Waals surface area contributed by atoms with E-state index in [1.807, 2.05) is 4.57 Å². The van der Waals surface area contributed by atoms with Gasteiger partial charge in [0.2, 0.25) is 0 Å². The normalized spacial score (nSPS) is 10.8. The van der Waals surface area contributed by atoms with Crippen LogP contribution in [0.15, 0.2) is 42.9 Å². The summed E-state index contributed by atoms with van der Waals surface area (Å²) in [6.07, 6.45) is 4.88. The molecule has 0 unspecified atom stereocenters. The Hall–Kier alpha value is -1.88. The Labute approximate surface area is 154 Å². The first-order chi connectivity index (χ1) is 11.4. The van der Waals surface area contributed by atoms with Crippen molar-refractivity contribution >= 4 is 40.6 Å². The molecule has 0 saturated heterocycles. The first-order valence-electron chi connectivity index (χ1n) is 7.07. The minimum atomic E-state index is -0.123. The molecule has 0 spiro atoms. The molecule has 1 aromatic carbocycles. The van der Waals surface area contributed by atoms with Gasteiger partial charge in [-0.3, -0.25) is 9.78 Å². The zero-order valence-corrected chi connectivity index (χ0v) is 14.9. The maximum Gasteiger partial charge on any atom is 0.179 e. The van der Waals surface area contributed by atoms with Gasteiger partial charge in [0.05, 0.1) is 11.6 Å². The number of rotatable bonds is 4. The molecule has 3 aromatic rings. The van der Waals surface area contributed by atoms with Crippen LogP contribution in [0.3, 0.4) is 0 Å². The molecule has 7 heteroatoms. The maximum atomic E-state index is 11.7. The van der Waals surface area contributed by atoms with Gasteiger partial charge in [0.1, 0.15) is 11.5 Å². The van der Waals surface area contributed by atoms with Crippen LogP contribution >= 0.6 is 34.8 Å². The summed E-state index contributed by atoms with van der Waals surface area (Å²) in [4.78, 5) is 20.2. The molecule has 0 radical (unpaired) electrons. The van der Waals surface area contributed by atoms with Crippen molar-refractivity contribution in [1.82, 2.24) is 14.5 Å². The van der Waals surface area contributed by atoms with E-state index >= 15 is 0 Å². The van der Waals surface area contributed by atoms with Crippen molar-refractivity contribution in [3.8, 4) is 11.4 Å². The molecule has 3 rings (SSSR count). The van der Waals surface area contributed by atoms with E-state index in [0.717, 1.165) is 5.56 Å². The smallest absolute Gasteiger partial charge is 0.179 e. The van der Waals surface area contributed by atoms with Gasteiger partial charge >= 0.3 is 0 Å². The molecular formula is C17H12Cl3N3O. The van der Waals surface area contributed by atoms with Crippen molar-refractivity contribution in [1.29, 1.82) is 0 Å². The van der Waals surface area contributed by atoms with E-state index in [4.69, 9.17) is 34.8 Å². The number of ketones is 1. The lowest BCUT2D eigenvalue weighted by Crippen LogP contribution is -2.02. The lowest BCUT2D eigenvalue weighted by atomic mass is 10.2. The fraction of sp³-hybridized carbons (Fsp3) is 0.118. The number of pyridine rings is 1. The topological polar surface area (TPSA) is 47.8 Å². The third kappa shape index (κ3) is 3.61. The van der Waals surface area contributed by atoms with Gasteiger partial charge in [-0.1, -0.05) is 34.8 Å². The van der Waals surface area contributed by atoms with Gasteiger partial charge in [0.25, 0.3) is 0 Å². The average Bonchev–Trinajstić information content (AvgIpc) is 2.95. The summed E-state index contributed by atoms with van der Waals surface area (Å²) in [6.45, 7) is 1.89. The van der Waals surface area contributed by atoms with Crippen LogP contribution < -0.4 is 0 Å². The Kier molecular flexibility index (Phi) is 4.90. The minimum absolute atomic E-state index is 0.123. The number of imidazole rings is 1. The largest absolute Gasteiger partial charge is 0.326 e. The van der Waals surface area contributed by atoms with Crippen molar-refractivity contribution in [3.05, 3.63) is 69.2 Å². The zero-order chi connectivity index (χ0) is 17.3. The lowest BCUT2D eigenvalue weighted by Gasteiger charge is -2.10. The second kappa shape index (κ2) is 6.93. The third-order valence-corrected chi connectivity index (χ3v) is 4.26. The van der Waals surface area contributed by atoms with Crippen LogP contribution in [-0.4, -0.2) is 20.3 Å². The molecule has 0 aliphatic carbocycles. The van der Waals surface area contributed by atoms with E-state index in [1.54, 1.807) is 36.7 Å². The number of aromatic nitrogens is 3. The van der Waals surface area contributed by atoms with Gasteiger partial charge in [-0.25, -0.2) is 4.98 Å². The number of carbonyl (C=O) groups is 1. The SMILES string of the molecule is CC(=O)c1cn(Cc2cc(Cl)ccc2Cl)c(-c2cncc(Cl)c2)n1. The van der Waals surface area contributed by atoms with Crippen molar-refractivity contribution in [2.75, 3.05) is 0 Å². The third-order valence-electron chi connectivity index (χ3n) is 3.45. The van der Waals surface area contributed by atoms with Gasteiger partial charge in [-0.15, -0.1) is 0 Å². The highest BCUT2D eigenvalue weighted by Gasteiger charge is 2.15. The molecule has 0 fully saturated rings. The van der Waals surface area contributed by atoms with Crippen LogP contribution in [0.4, 0.5) is 0 Å². The molecular weight excluding hydrogens is 369 g/mol. The van der Waals surface area contributed by atoms with E-state index in [-0.39, 0.29) is 5.78 Å². The number of nitrogens with zero attached hydrogens (tertiary/aromatic N) is 3. The van der Waals surface area contributed by atoms with Crippen LogP contribution in [-0.2, 0) is 6.54 Å². The summed E-state index contributed by atoms with van der Waals surface area (Å²) in [6, 6.07) is 7.00. The molecule has 0 aliphatic rings. The molecule has 0 aliphatic heterocycles. The minimum Gasteiger partial charge on any atom is -0.326 e. The predicted octanol–water partition coefficient (Wildman–Crippen LogP) is 5.16. The standard InChI is InChI=1S/C17H12Cl3N3O/c1-10(24)16-9-23(8-12-5-13(18)2-3-15(12)20)17(22-16)11-4-14(19)7-21-6-11/h2-7,9H,8H2,1H3. The lowest BCUT2D eigenvalue weighted by molar-refractivity contribution is 0.101. The van der Waals surface area contributed by atoms with Crippen LogP contribution in [0.2, 0.25) is 15.1 Å². The monoisotopic (exact) mass is 379 g/mol. The zero-order valence-electron chi connectivity index (χ0n) is 12.6. The van der Waals surface area contributed by atoms with E-state index in [2.05, 4.69) is 9.97 Å². The first kappa shape index (κ1) is 17.0. The predicted molar refractivity (Wildman–Crippen MR) is 96.0 cm³/mol. The highest BCUT2D eigenvalue weighted by molar-refractivity contribution is 6.33. The summed E-state index contributed by atoms with van der Waals surface area (Å²) in [5, 5.41) is 1.67. The quantitative estimate of drug-likeness (QED) is 0.588. The Morgan fingerprint density at radius 3 is 2.62 bits per heavy atom. The van der Waals surface area contributed by atoms with Crippen molar-refractivity contribution in [3.63, 3.8) is 0 Å². The summed E-state index contributed by atoms with van der Waals surface area (Å²) in [5.74, 6) is 0.466. The van der Waals surface area contributed by atoms with Gasteiger partial charge in [0.15, 0.2) is 5.78 Å². The fourth-order valence-electron chi connectivity index (χ4n) is 2.32. The number of hydrogen-bond donors (Lipinski definition) is 0. The molecule has 122 valence electrons. The van der Waals surface area contributed by atoms with Crippen molar-refractivity contribution in [2.45, 2.75) is 13.5 Å². The molecule has 0 N–H and O–H groups in total. The van der Waals surface area contributed by atoms with Gasteiger partial charge in [0, 0.05) is 41.1 Å². The molecule has 0 atom stereocenters. The fourth-order valence-corrected chi connectivity index (χ4v) is 2.86. The molecule has 0 bridgehead atoms. The Bertz CT molecular complexity index is 921. The second-order valence-electron chi connectivity index (χ2n) is 5.26. The molecule has 0 amide bonds. The van der Waals surface area contributed by atoms with Crippen molar-refractivity contribution in [2.24, 2.45) is 0 Å². The van der Waals surface area contributed by atoms with Gasteiger partial charge in [-0.2, -0.15) is 0 Å². The van der Waals surface area contributed by atoms with Crippen LogP contribution in [0, 0.1) is 0 Å². The maximum absolute atomic E-state index is 11.7. The van der Waals surface area contributed by atoms with Gasteiger partial charge in [-0.05, 0) is 29.8 Å². The van der Waals surface area contributed by atoms with Crippen LogP contribution in [0.1, 0.15) is 23.0 Å². The number of halogens is 3. The Morgan fingerprint density at radius 2 is 1.92 bits per heavy atom. The highest BCUT2D eigenvalue weighted by Crippen LogP contribution is 2.26. The summed E-state index contributed by atoms with van der Waals surface area (Å²) < 4.78 is 1.83. The molecule has 24 heavy (non-hydrogen) atoms. The number of benzene rings is 1. The van der Waals surface area contributed by atoms with E-state index in [9.17, 15) is 4.79 Å². The van der Waals surface area contributed by atoms with E-state index in [1.165, 1.54) is 13.1 Å². The number of carbonyl (C=O) groups excluding carboxylic acids is 1. The first-order valence-corrected chi connectivity index (χ1v) is 8.20. The Morgan fingerprint density at radius 1 is 1.12 bits per heavy atom. The summed E-state index contributed by atoms with van der Waals surface area (Å²) in [5.41, 5.74) is 1.91. The van der Waals surface area contributed by atoms with Crippen LogP contribution in [0.5, 0.6) is 0 Å². The summed E-state index contributed by atoms with van der Waals surface area (Å²) >= 11 is 18.3. The average molecular weight is 381 g/mol. The highest BCUT2D eigenvalue weighted by atomic mass is 35.5. The number of Topliss-reactive ketones (excluding diaryl/α,β-unsaturated/α-hetero) is 1. The molecule has 0 saturated carbocycles. The van der Waals surface area contributed by atoms with Crippen LogP contribution in [0.25, 0.3) is 11.4 Å². The second-order valence-corrected chi connectivity index (χ2v) is 6.54. The summed E-state index contributed by atoms with van der Waals surface area (Å²) in [7, 11) is 0. The number of hydrogen-bond acceptors (Lipinski definition) is 3. The van der Waals surface area contributed by atoms with E-state index in [0.29, 0.717) is 38.7 Å².